The number of fused-ring (bicyclic) bond motifs is 1. The highest BCUT2D eigenvalue weighted by atomic mass is 16.7. The average molecular weight is 504 g/mol. The summed E-state index contributed by atoms with van der Waals surface area (Å²) in [6.45, 7) is 5.96. The highest BCUT2D eigenvalue weighted by molar-refractivity contribution is 5.88. The van der Waals surface area contributed by atoms with E-state index in [1.165, 1.54) is 18.9 Å². The van der Waals surface area contributed by atoms with E-state index >= 15 is 0 Å². The largest absolute Gasteiger partial charge is 0.465 e. The van der Waals surface area contributed by atoms with Crippen LogP contribution in [0.15, 0.2) is 30.3 Å². The lowest BCUT2D eigenvalue weighted by atomic mass is 10.0. The van der Waals surface area contributed by atoms with E-state index in [0.29, 0.717) is 38.8 Å². The molecule has 10 nitrogen and oxygen atoms in total. The minimum atomic E-state index is -1.05. The molecule has 2 aliphatic heterocycles. The Bertz CT molecular complexity index is 910. The van der Waals surface area contributed by atoms with Gasteiger partial charge in [-0.1, -0.05) is 30.3 Å². The van der Waals surface area contributed by atoms with Gasteiger partial charge in [-0.2, -0.15) is 0 Å². The molecule has 2 aliphatic rings. The molecule has 0 aliphatic carbocycles. The van der Waals surface area contributed by atoms with Crippen molar-refractivity contribution in [1.29, 1.82) is 0 Å². The van der Waals surface area contributed by atoms with Gasteiger partial charge in [-0.25, -0.2) is 9.80 Å². The van der Waals surface area contributed by atoms with Crippen LogP contribution in [0, 0.1) is 0 Å². The van der Waals surface area contributed by atoms with Crippen molar-refractivity contribution >= 4 is 23.8 Å². The Kier molecular flexibility index (Phi) is 10.2. The number of hydrogen-bond donors (Lipinski definition) is 1. The molecule has 36 heavy (non-hydrogen) atoms. The number of hydrazine groups is 1. The standard InChI is InChI=1S/C26H37N3O7/c1-4-34-25(32)22(15-14-20-10-6-5-7-11-20)27-21-12-8-16-28-17-9-13-23(29(28)24(21)31)26(33)36-19(3)35-18(2)30/h5-7,10-11,19,21-23,27H,4,8-9,12-17H2,1-3H3/t19-,21-,22-,23?/m0/s1. The van der Waals surface area contributed by atoms with Crippen molar-refractivity contribution in [3.8, 4) is 0 Å². The Morgan fingerprint density at radius 2 is 1.78 bits per heavy atom. The Labute approximate surface area is 212 Å². The van der Waals surface area contributed by atoms with E-state index in [0.717, 1.165) is 18.4 Å². The number of ether oxygens (including phenoxy) is 3. The van der Waals surface area contributed by atoms with Gasteiger partial charge >= 0.3 is 17.9 Å². The van der Waals surface area contributed by atoms with Gasteiger partial charge < -0.3 is 14.2 Å². The van der Waals surface area contributed by atoms with Crippen LogP contribution in [0.25, 0.3) is 0 Å². The summed E-state index contributed by atoms with van der Waals surface area (Å²) in [5.74, 6) is -1.85. The van der Waals surface area contributed by atoms with Crippen molar-refractivity contribution in [2.75, 3.05) is 19.7 Å². The van der Waals surface area contributed by atoms with Crippen LogP contribution in [-0.2, 0) is 39.8 Å². The lowest BCUT2D eigenvalue weighted by molar-refractivity contribution is -0.198. The molecule has 0 radical (unpaired) electrons. The van der Waals surface area contributed by atoms with Gasteiger partial charge in [-0.05, 0) is 51.0 Å². The number of benzene rings is 1. The van der Waals surface area contributed by atoms with Gasteiger partial charge in [-0.15, -0.1) is 0 Å². The van der Waals surface area contributed by atoms with Crippen LogP contribution in [-0.4, -0.2) is 77.9 Å². The Morgan fingerprint density at radius 3 is 2.44 bits per heavy atom. The molecule has 1 unspecified atom stereocenters. The molecule has 0 bridgehead atoms. The Balaban J connectivity index is 1.73. The average Bonchev–Trinajstić information content (AvgIpc) is 3.00. The molecule has 1 amide bonds. The number of carbonyl (C=O) groups is 4. The van der Waals surface area contributed by atoms with E-state index in [2.05, 4.69) is 5.32 Å². The Morgan fingerprint density at radius 1 is 1.08 bits per heavy atom. The molecule has 10 heteroatoms. The van der Waals surface area contributed by atoms with E-state index in [1.54, 1.807) is 6.92 Å². The molecule has 4 atom stereocenters. The molecule has 1 aromatic rings. The SMILES string of the molecule is CCOC(=O)[C@H](CCc1ccccc1)N[C@H]1CCCN2CCCC(C(=O)O[C@@H](C)OC(C)=O)N2C1=O. The number of nitrogens with zero attached hydrogens (tertiary/aromatic N) is 2. The predicted molar refractivity (Wildman–Crippen MR) is 130 cm³/mol. The second kappa shape index (κ2) is 13.4. The highest BCUT2D eigenvalue weighted by Crippen LogP contribution is 2.25. The second-order valence-electron chi connectivity index (χ2n) is 9.10. The molecule has 0 aromatic heterocycles. The van der Waals surface area contributed by atoms with Crippen LogP contribution in [0.4, 0.5) is 0 Å². The minimum absolute atomic E-state index is 0.245. The first-order chi connectivity index (χ1) is 17.3. The van der Waals surface area contributed by atoms with Gasteiger partial charge in [0, 0.05) is 26.9 Å². The number of esters is 3. The van der Waals surface area contributed by atoms with Gasteiger partial charge in [0.15, 0.2) is 0 Å². The molecule has 2 saturated heterocycles. The fraction of sp³-hybridized carbons (Fsp3) is 0.615. The molecular formula is C26H37N3O7. The number of hydrogen-bond acceptors (Lipinski definition) is 9. The van der Waals surface area contributed by atoms with Crippen molar-refractivity contribution < 1.29 is 33.4 Å². The van der Waals surface area contributed by atoms with Crippen LogP contribution in [0.5, 0.6) is 0 Å². The zero-order valence-corrected chi connectivity index (χ0v) is 21.3. The molecule has 198 valence electrons. The summed E-state index contributed by atoms with van der Waals surface area (Å²) >= 11 is 0. The van der Waals surface area contributed by atoms with Gasteiger partial charge in [0.2, 0.25) is 6.29 Å². The maximum Gasteiger partial charge on any atom is 0.333 e. The van der Waals surface area contributed by atoms with Crippen molar-refractivity contribution in [3.05, 3.63) is 35.9 Å². The maximum absolute atomic E-state index is 13.7. The fourth-order valence-electron chi connectivity index (χ4n) is 4.75. The topological polar surface area (TPSA) is 114 Å². The zero-order chi connectivity index (χ0) is 26.1. The summed E-state index contributed by atoms with van der Waals surface area (Å²) in [5.41, 5.74) is 1.09. The van der Waals surface area contributed by atoms with Crippen LogP contribution in [0.1, 0.15) is 58.4 Å². The number of nitrogens with one attached hydrogen (secondary N) is 1. The summed E-state index contributed by atoms with van der Waals surface area (Å²) < 4.78 is 15.5. The summed E-state index contributed by atoms with van der Waals surface area (Å²) in [5, 5.41) is 6.62. The van der Waals surface area contributed by atoms with Gasteiger partial charge in [0.05, 0.1) is 12.6 Å². The van der Waals surface area contributed by atoms with Crippen molar-refractivity contribution in [2.45, 2.75) is 83.7 Å². The molecule has 0 spiro atoms. The van der Waals surface area contributed by atoms with E-state index < -0.39 is 42.3 Å². The smallest absolute Gasteiger partial charge is 0.333 e. The zero-order valence-electron chi connectivity index (χ0n) is 21.3. The maximum atomic E-state index is 13.7. The lowest BCUT2D eigenvalue weighted by Gasteiger charge is -2.43. The summed E-state index contributed by atoms with van der Waals surface area (Å²) in [6.07, 6.45) is 2.49. The van der Waals surface area contributed by atoms with E-state index in [1.807, 2.05) is 35.3 Å². The van der Waals surface area contributed by atoms with Crippen LogP contribution in [0.3, 0.4) is 0 Å². The lowest BCUT2D eigenvalue weighted by Crippen LogP contribution is -2.62. The molecule has 1 N–H and O–H groups in total. The molecule has 2 fully saturated rings. The molecule has 1 aromatic carbocycles. The minimum Gasteiger partial charge on any atom is -0.465 e. The fourth-order valence-corrected chi connectivity index (χ4v) is 4.75. The van der Waals surface area contributed by atoms with Gasteiger partial charge in [0.25, 0.3) is 5.91 Å². The van der Waals surface area contributed by atoms with Crippen molar-refractivity contribution in [2.24, 2.45) is 0 Å². The predicted octanol–water partition coefficient (Wildman–Crippen LogP) is 1.96. The third kappa shape index (κ3) is 7.51. The van der Waals surface area contributed by atoms with E-state index in [9.17, 15) is 19.2 Å². The number of rotatable bonds is 10. The van der Waals surface area contributed by atoms with Crippen LogP contribution in [0.2, 0.25) is 0 Å². The number of carbonyl (C=O) groups excluding carboxylic acids is 4. The molecule has 3 rings (SSSR count). The first-order valence-corrected chi connectivity index (χ1v) is 12.7. The molecule has 2 heterocycles. The van der Waals surface area contributed by atoms with Crippen LogP contribution >= 0.6 is 0 Å². The van der Waals surface area contributed by atoms with E-state index in [-0.39, 0.29) is 12.5 Å². The quantitative estimate of drug-likeness (QED) is 0.378. The first kappa shape index (κ1) is 27.6. The number of amides is 1. The third-order valence-corrected chi connectivity index (χ3v) is 6.35. The summed E-state index contributed by atoms with van der Waals surface area (Å²) in [6, 6.07) is 7.69. The van der Waals surface area contributed by atoms with Crippen molar-refractivity contribution in [3.63, 3.8) is 0 Å². The van der Waals surface area contributed by atoms with Crippen LogP contribution < -0.4 is 5.32 Å². The number of aryl methyl sites for hydroxylation is 1. The van der Waals surface area contributed by atoms with Crippen molar-refractivity contribution in [1.82, 2.24) is 15.3 Å². The molecule has 0 saturated carbocycles. The first-order valence-electron chi connectivity index (χ1n) is 12.7. The van der Waals surface area contributed by atoms with Gasteiger partial charge in [-0.3, -0.25) is 24.7 Å². The summed E-state index contributed by atoms with van der Waals surface area (Å²) in [7, 11) is 0. The normalized spacial score (nSPS) is 22.1. The van der Waals surface area contributed by atoms with Gasteiger partial charge in [0.1, 0.15) is 12.1 Å². The summed E-state index contributed by atoms with van der Waals surface area (Å²) in [4.78, 5) is 50.6. The molecular weight excluding hydrogens is 466 g/mol. The monoisotopic (exact) mass is 503 g/mol. The Hall–Kier alpha value is -2.98. The highest BCUT2D eigenvalue weighted by Gasteiger charge is 2.43. The third-order valence-electron chi connectivity index (χ3n) is 6.35. The van der Waals surface area contributed by atoms with E-state index in [4.69, 9.17) is 14.2 Å². The second-order valence-corrected chi connectivity index (χ2v) is 9.10.